The largest absolute Gasteiger partial charge is 0.507 e. The average molecular weight is 520 g/mol. The van der Waals surface area contributed by atoms with Crippen molar-refractivity contribution in [2.45, 2.75) is 32.9 Å². The monoisotopic (exact) mass is 519 g/mol. The van der Waals surface area contributed by atoms with Crippen LogP contribution in [0.25, 0.3) is 5.76 Å². The number of aliphatic hydroxyl groups is 1. The zero-order valence-electron chi connectivity index (χ0n) is 20.5. The summed E-state index contributed by atoms with van der Waals surface area (Å²) in [5, 5.41) is 11.4. The molecule has 3 heterocycles. The molecular formula is C27H25N3O6S. The van der Waals surface area contributed by atoms with Crippen LogP contribution in [0.15, 0.2) is 67.0 Å². The van der Waals surface area contributed by atoms with Crippen LogP contribution in [0.3, 0.4) is 0 Å². The Hall–Kier alpha value is -4.31. The van der Waals surface area contributed by atoms with Crippen LogP contribution in [0.4, 0.5) is 5.13 Å². The molecule has 1 atom stereocenters. The number of carbonyl (C=O) groups excluding carboxylic acids is 3. The molecule has 0 aliphatic carbocycles. The highest BCUT2D eigenvalue weighted by molar-refractivity contribution is 7.17. The van der Waals surface area contributed by atoms with Crippen molar-refractivity contribution >= 4 is 39.9 Å². The summed E-state index contributed by atoms with van der Waals surface area (Å²) in [5.74, 6) is -2.08. The Kier molecular flexibility index (Phi) is 7.49. The summed E-state index contributed by atoms with van der Waals surface area (Å²) in [5.41, 5.74) is 1.14. The van der Waals surface area contributed by atoms with E-state index >= 15 is 0 Å². The van der Waals surface area contributed by atoms with Crippen LogP contribution in [0.2, 0.25) is 0 Å². The van der Waals surface area contributed by atoms with Gasteiger partial charge >= 0.3 is 11.9 Å². The lowest BCUT2D eigenvalue weighted by Crippen LogP contribution is -2.29. The maximum absolute atomic E-state index is 13.3. The molecule has 1 aliphatic heterocycles. The van der Waals surface area contributed by atoms with Gasteiger partial charge in [-0.05, 0) is 62.7 Å². The van der Waals surface area contributed by atoms with Crippen LogP contribution < -0.4 is 9.64 Å². The van der Waals surface area contributed by atoms with Gasteiger partial charge in [0.1, 0.15) is 23.0 Å². The molecule has 37 heavy (non-hydrogen) atoms. The number of hydrogen-bond acceptors (Lipinski definition) is 9. The quantitative estimate of drug-likeness (QED) is 0.151. The lowest BCUT2D eigenvalue weighted by atomic mass is 9.96. The second kappa shape index (κ2) is 10.8. The summed E-state index contributed by atoms with van der Waals surface area (Å²) in [6, 6.07) is 8.90. The van der Waals surface area contributed by atoms with Gasteiger partial charge in [-0.1, -0.05) is 24.0 Å². The van der Waals surface area contributed by atoms with Crippen LogP contribution >= 0.6 is 11.3 Å². The minimum atomic E-state index is -0.989. The number of pyridine rings is 1. The van der Waals surface area contributed by atoms with Gasteiger partial charge in [0.2, 0.25) is 0 Å². The molecule has 1 unspecified atom stereocenters. The first-order chi connectivity index (χ1) is 17.7. The van der Waals surface area contributed by atoms with Gasteiger partial charge in [-0.3, -0.25) is 19.5 Å². The van der Waals surface area contributed by atoms with Crippen molar-refractivity contribution in [1.82, 2.24) is 9.97 Å². The highest BCUT2D eigenvalue weighted by atomic mass is 32.1. The van der Waals surface area contributed by atoms with Crippen LogP contribution in [-0.2, 0) is 14.3 Å². The number of aryl methyl sites for hydroxylation is 1. The van der Waals surface area contributed by atoms with E-state index in [1.54, 1.807) is 43.3 Å². The molecule has 1 aliphatic rings. The van der Waals surface area contributed by atoms with E-state index in [4.69, 9.17) is 9.47 Å². The third-order valence-corrected chi connectivity index (χ3v) is 6.61. The highest BCUT2D eigenvalue weighted by Gasteiger charge is 2.48. The minimum absolute atomic E-state index is 0.0219. The zero-order valence-corrected chi connectivity index (χ0v) is 21.3. The number of esters is 1. The Morgan fingerprint density at radius 1 is 1.19 bits per heavy atom. The first-order valence-corrected chi connectivity index (χ1v) is 12.3. The molecule has 1 amide bonds. The first kappa shape index (κ1) is 25.8. The number of rotatable bonds is 8. The van der Waals surface area contributed by atoms with Crippen molar-refractivity contribution in [1.29, 1.82) is 0 Å². The molecule has 0 radical (unpaired) electrons. The molecule has 0 bridgehead atoms. The Morgan fingerprint density at radius 2 is 1.86 bits per heavy atom. The van der Waals surface area contributed by atoms with Crippen molar-refractivity contribution < 1.29 is 29.0 Å². The molecule has 1 fully saturated rings. The third kappa shape index (κ3) is 5.14. The van der Waals surface area contributed by atoms with E-state index in [0.717, 1.165) is 11.3 Å². The molecule has 10 heteroatoms. The second-order valence-corrected chi connectivity index (χ2v) is 9.42. The van der Waals surface area contributed by atoms with Crippen LogP contribution in [0, 0.1) is 6.92 Å². The zero-order chi connectivity index (χ0) is 26.7. The number of ketones is 1. The van der Waals surface area contributed by atoms with Gasteiger partial charge in [0.05, 0.1) is 23.4 Å². The fourth-order valence-corrected chi connectivity index (χ4v) is 4.87. The number of nitrogens with zero attached hydrogens (tertiary/aromatic N) is 3. The molecule has 0 saturated carbocycles. The fraction of sp³-hybridized carbons (Fsp3) is 0.222. The van der Waals surface area contributed by atoms with Gasteiger partial charge < -0.3 is 14.6 Å². The van der Waals surface area contributed by atoms with Gasteiger partial charge in [0.25, 0.3) is 5.78 Å². The minimum Gasteiger partial charge on any atom is -0.507 e. The maximum atomic E-state index is 13.3. The van der Waals surface area contributed by atoms with E-state index in [2.05, 4.69) is 16.5 Å². The predicted molar refractivity (Wildman–Crippen MR) is 139 cm³/mol. The Balaban J connectivity index is 1.82. The number of thiazole rings is 1. The normalized spacial score (nSPS) is 16.8. The van der Waals surface area contributed by atoms with Gasteiger partial charge in [-0.2, -0.15) is 0 Å². The van der Waals surface area contributed by atoms with Crippen molar-refractivity contribution in [3.05, 3.63) is 88.7 Å². The van der Waals surface area contributed by atoms with Gasteiger partial charge in [0.15, 0.2) is 5.13 Å². The summed E-state index contributed by atoms with van der Waals surface area (Å²) >= 11 is 0.933. The van der Waals surface area contributed by atoms with E-state index in [9.17, 15) is 19.5 Å². The number of Topliss-reactive ketones (excluding diaryl/α,β-unsaturated/α-hetero) is 1. The summed E-state index contributed by atoms with van der Waals surface area (Å²) in [4.78, 5) is 48.9. The number of hydrogen-bond donors (Lipinski definition) is 1. The maximum Gasteiger partial charge on any atom is 0.350 e. The highest BCUT2D eigenvalue weighted by Crippen LogP contribution is 2.43. The molecule has 0 spiro atoms. The predicted octanol–water partition coefficient (Wildman–Crippen LogP) is 4.60. The van der Waals surface area contributed by atoms with Gasteiger partial charge in [-0.25, -0.2) is 9.78 Å². The molecular weight excluding hydrogens is 494 g/mol. The third-order valence-electron chi connectivity index (χ3n) is 5.47. The number of benzene rings is 1. The van der Waals surface area contributed by atoms with E-state index in [0.29, 0.717) is 22.6 Å². The SMILES string of the molecule is C=CCOC(=O)c1sc(N2C(=O)C(=O)/C(=C(/O)c3ccc(OC(C)C)cc3)C2c2ccncc2)nc1C. The summed E-state index contributed by atoms with van der Waals surface area (Å²) < 4.78 is 10.8. The molecule has 190 valence electrons. The second-order valence-electron chi connectivity index (χ2n) is 8.44. The van der Waals surface area contributed by atoms with Crippen LogP contribution in [0.1, 0.15) is 46.4 Å². The number of anilines is 1. The van der Waals surface area contributed by atoms with E-state index in [1.807, 2.05) is 13.8 Å². The lowest BCUT2D eigenvalue weighted by molar-refractivity contribution is -0.132. The summed E-state index contributed by atoms with van der Waals surface area (Å²) in [6.07, 6.45) is 4.47. The van der Waals surface area contributed by atoms with Crippen molar-refractivity contribution in [2.24, 2.45) is 0 Å². The first-order valence-electron chi connectivity index (χ1n) is 11.5. The van der Waals surface area contributed by atoms with Gasteiger partial charge in [0, 0.05) is 18.0 Å². The molecule has 3 aromatic rings. The molecule has 2 aromatic heterocycles. The standard InChI is InChI=1S/C27H25N3O6S/c1-5-14-35-26(34)24-16(4)29-27(37-24)30-21(17-10-12-28-13-11-17)20(23(32)25(30)33)22(31)18-6-8-19(9-7-18)36-15(2)3/h5-13,15,21,31H,1,14H2,2-4H3/b22-20+. The Labute approximate surface area is 217 Å². The average Bonchev–Trinajstić information content (AvgIpc) is 3.39. The molecule has 1 aromatic carbocycles. The number of ether oxygens (including phenoxy) is 2. The smallest absolute Gasteiger partial charge is 0.350 e. The van der Waals surface area contributed by atoms with E-state index in [1.165, 1.54) is 23.4 Å². The van der Waals surface area contributed by atoms with Gasteiger partial charge in [-0.15, -0.1) is 0 Å². The Bertz CT molecular complexity index is 1380. The van der Waals surface area contributed by atoms with Crippen molar-refractivity contribution in [2.75, 3.05) is 11.5 Å². The van der Waals surface area contributed by atoms with E-state index < -0.39 is 23.7 Å². The molecule has 1 saturated heterocycles. The fourth-order valence-electron chi connectivity index (χ4n) is 3.88. The summed E-state index contributed by atoms with van der Waals surface area (Å²) in [6.45, 7) is 8.96. The van der Waals surface area contributed by atoms with Crippen LogP contribution in [-0.4, -0.2) is 45.4 Å². The number of carbonyl (C=O) groups is 3. The topological polar surface area (TPSA) is 119 Å². The van der Waals surface area contributed by atoms with E-state index in [-0.39, 0.29) is 34.1 Å². The number of aromatic nitrogens is 2. The van der Waals surface area contributed by atoms with Crippen molar-refractivity contribution in [3.8, 4) is 5.75 Å². The molecule has 9 nitrogen and oxygen atoms in total. The Morgan fingerprint density at radius 3 is 2.49 bits per heavy atom. The molecule has 1 N–H and O–H groups in total. The lowest BCUT2D eigenvalue weighted by Gasteiger charge is -2.22. The molecule has 4 rings (SSSR count). The van der Waals surface area contributed by atoms with Crippen molar-refractivity contribution in [3.63, 3.8) is 0 Å². The number of aliphatic hydroxyl groups excluding tert-OH is 1. The number of amides is 1. The van der Waals surface area contributed by atoms with Crippen LogP contribution in [0.5, 0.6) is 5.75 Å². The summed E-state index contributed by atoms with van der Waals surface area (Å²) in [7, 11) is 0.